The van der Waals surface area contributed by atoms with E-state index in [1.54, 1.807) is 16.7 Å². The van der Waals surface area contributed by atoms with Crippen molar-refractivity contribution in [2.24, 2.45) is 11.8 Å². The van der Waals surface area contributed by atoms with Gasteiger partial charge in [-0.25, -0.2) is 0 Å². The fourth-order valence-corrected chi connectivity index (χ4v) is 4.10. The first-order chi connectivity index (χ1) is 12.2. The van der Waals surface area contributed by atoms with Gasteiger partial charge in [0.2, 0.25) is 5.91 Å². The molecule has 0 radical (unpaired) electrons. The van der Waals surface area contributed by atoms with E-state index in [1.165, 1.54) is 0 Å². The van der Waals surface area contributed by atoms with Crippen molar-refractivity contribution >= 4 is 5.91 Å². The van der Waals surface area contributed by atoms with Crippen LogP contribution in [0.1, 0.15) is 17.3 Å². The SMILES string of the molecule is O=C(NCc1ccccc1)[C@H]1N[C@H]2c3cccc(=O)n3C[C@H]2[C@@H]1CO. The second-order valence-electron chi connectivity index (χ2n) is 6.74. The van der Waals surface area contributed by atoms with Gasteiger partial charge in [0, 0.05) is 43.3 Å². The van der Waals surface area contributed by atoms with E-state index in [0.29, 0.717) is 13.1 Å². The van der Waals surface area contributed by atoms with Gasteiger partial charge in [-0.3, -0.25) is 14.9 Å². The number of aliphatic hydroxyl groups is 1. The average molecular weight is 339 g/mol. The average Bonchev–Trinajstić information content (AvgIpc) is 3.17. The summed E-state index contributed by atoms with van der Waals surface area (Å²) in [5, 5.41) is 16.1. The number of amides is 1. The van der Waals surface area contributed by atoms with Crippen molar-refractivity contribution in [3.8, 4) is 0 Å². The van der Waals surface area contributed by atoms with E-state index in [4.69, 9.17) is 0 Å². The molecule has 3 heterocycles. The zero-order valence-corrected chi connectivity index (χ0v) is 13.8. The van der Waals surface area contributed by atoms with E-state index >= 15 is 0 Å². The smallest absolute Gasteiger partial charge is 0.250 e. The molecule has 6 nitrogen and oxygen atoms in total. The van der Waals surface area contributed by atoms with Crippen molar-refractivity contribution in [1.29, 1.82) is 0 Å². The van der Waals surface area contributed by atoms with Gasteiger partial charge in [-0.2, -0.15) is 0 Å². The molecular formula is C19H21N3O3. The molecular weight excluding hydrogens is 318 g/mol. The Morgan fingerprint density at radius 2 is 2.00 bits per heavy atom. The number of benzene rings is 1. The number of nitrogens with one attached hydrogen (secondary N) is 2. The Morgan fingerprint density at radius 1 is 1.20 bits per heavy atom. The summed E-state index contributed by atoms with van der Waals surface area (Å²) in [6.07, 6.45) is 0. The van der Waals surface area contributed by atoms with E-state index in [1.807, 2.05) is 36.4 Å². The van der Waals surface area contributed by atoms with E-state index in [2.05, 4.69) is 10.6 Å². The number of carbonyl (C=O) groups excluding carboxylic acids is 1. The van der Waals surface area contributed by atoms with Crippen LogP contribution in [0.3, 0.4) is 0 Å². The molecule has 2 aromatic rings. The molecule has 2 aliphatic heterocycles. The summed E-state index contributed by atoms with van der Waals surface area (Å²) in [5.41, 5.74) is 1.90. The lowest BCUT2D eigenvalue weighted by Crippen LogP contribution is -2.46. The third-order valence-electron chi connectivity index (χ3n) is 5.36. The minimum absolute atomic E-state index is 0.0320. The highest BCUT2D eigenvalue weighted by molar-refractivity contribution is 5.82. The fraction of sp³-hybridized carbons (Fsp3) is 0.368. The van der Waals surface area contributed by atoms with Crippen LogP contribution in [0.25, 0.3) is 0 Å². The van der Waals surface area contributed by atoms with Crippen LogP contribution in [-0.4, -0.2) is 28.2 Å². The van der Waals surface area contributed by atoms with Crippen LogP contribution in [0.15, 0.2) is 53.3 Å². The van der Waals surface area contributed by atoms with E-state index in [9.17, 15) is 14.7 Å². The quantitative estimate of drug-likeness (QED) is 0.754. The van der Waals surface area contributed by atoms with Gasteiger partial charge >= 0.3 is 0 Å². The first kappa shape index (κ1) is 16.1. The summed E-state index contributed by atoms with van der Waals surface area (Å²) in [5.74, 6) is -0.269. The number of fused-ring (bicyclic) bond motifs is 3. The van der Waals surface area contributed by atoms with E-state index in [0.717, 1.165) is 11.3 Å². The molecule has 0 unspecified atom stereocenters. The van der Waals surface area contributed by atoms with Gasteiger partial charge in [0.25, 0.3) is 5.56 Å². The number of rotatable bonds is 4. The van der Waals surface area contributed by atoms with Crippen LogP contribution in [0.5, 0.6) is 0 Å². The maximum Gasteiger partial charge on any atom is 0.250 e. The predicted molar refractivity (Wildman–Crippen MR) is 92.7 cm³/mol. The number of aliphatic hydroxyl groups excluding tert-OH is 1. The number of hydrogen-bond acceptors (Lipinski definition) is 4. The minimum atomic E-state index is -0.451. The van der Waals surface area contributed by atoms with Gasteiger partial charge < -0.3 is 15.0 Å². The molecule has 0 aliphatic carbocycles. The Bertz CT molecular complexity index is 833. The summed E-state index contributed by atoms with van der Waals surface area (Å²) in [4.78, 5) is 24.7. The third-order valence-corrected chi connectivity index (χ3v) is 5.36. The number of aromatic nitrogens is 1. The lowest BCUT2D eigenvalue weighted by Gasteiger charge is -2.21. The molecule has 4 rings (SSSR count). The highest BCUT2D eigenvalue weighted by Crippen LogP contribution is 2.42. The Labute approximate surface area is 145 Å². The summed E-state index contributed by atoms with van der Waals surface area (Å²) in [6, 6.07) is 14.4. The Balaban J connectivity index is 1.50. The molecule has 0 saturated carbocycles. The number of carbonyl (C=O) groups is 1. The second kappa shape index (κ2) is 6.46. The first-order valence-corrected chi connectivity index (χ1v) is 8.57. The molecule has 0 spiro atoms. The maximum absolute atomic E-state index is 12.6. The van der Waals surface area contributed by atoms with E-state index < -0.39 is 6.04 Å². The van der Waals surface area contributed by atoms with Crippen molar-refractivity contribution in [1.82, 2.24) is 15.2 Å². The van der Waals surface area contributed by atoms with Crippen LogP contribution in [0.4, 0.5) is 0 Å². The van der Waals surface area contributed by atoms with Crippen molar-refractivity contribution in [3.05, 3.63) is 70.1 Å². The molecule has 1 amide bonds. The molecule has 1 saturated heterocycles. The maximum atomic E-state index is 12.6. The fourth-order valence-electron chi connectivity index (χ4n) is 4.10. The van der Waals surface area contributed by atoms with Crippen LogP contribution in [0, 0.1) is 11.8 Å². The number of pyridine rings is 1. The summed E-state index contributed by atoms with van der Waals surface area (Å²) < 4.78 is 1.74. The zero-order valence-electron chi connectivity index (χ0n) is 13.8. The second-order valence-corrected chi connectivity index (χ2v) is 6.74. The number of hydrogen-bond donors (Lipinski definition) is 3. The van der Waals surface area contributed by atoms with Crippen molar-refractivity contribution < 1.29 is 9.90 Å². The lowest BCUT2D eigenvalue weighted by atomic mass is 9.88. The topological polar surface area (TPSA) is 83.4 Å². The molecule has 2 aliphatic rings. The Morgan fingerprint density at radius 3 is 2.76 bits per heavy atom. The van der Waals surface area contributed by atoms with Crippen molar-refractivity contribution in [2.75, 3.05) is 6.61 Å². The van der Waals surface area contributed by atoms with Crippen molar-refractivity contribution in [3.63, 3.8) is 0 Å². The molecule has 3 N–H and O–H groups in total. The van der Waals surface area contributed by atoms with Gasteiger partial charge in [-0.15, -0.1) is 0 Å². The molecule has 1 aromatic heterocycles. The highest BCUT2D eigenvalue weighted by atomic mass is 16.3. The van der Waals surface area contributed by atoms with Gasteiger partial charge in [0.15, 0.2) is 0 Å². The summed E-state index contributed by atoms with van der Waals surface area (Å²) in [6.45, 7) is 0.919. The molecule has 25 heavy (non-hydrogen) atoms. The summed E-state index contributed by atoms with van der Waals surface area (Å²) in [7, 11) is 0. The number of nitrogens with zero attached hydrogens (tertiary/aromatic N) is 1. The minimum Gasteiger partial charge on any atom is -0.396 e. The van der Waals surface area contributed by atoms with Crippen molar-refractivity contribution in [2.45, 2.75) is 25.2 Å². The molecule has 1 fully saturated rings. The van der Waals surface area contributed by atoms with Crippen LogP contribution in [0.2, 0.25) is 0 Å². The first-order valence-electron chi connectivity index (χ1n) is 8.57. The Kier molecular flexibility index (Phi) is 4.15. The molecule has 6 heteroatoms. The zero-order chi connectivity index (χ0) is 17.4. The van der Waals surface area contributed by atoms with Gasteiger partial charge in [0.05, 0.1) is 12.1 Å². The lowest BCUT2D eigenvalue weighted by molar-refractivity contribution is -0.124. The van der Waals surface area contributed by atoms with Crippen LogP contribution < -0.4 is 16.2 Å². The normalized spacial score (nSPS) is 26.9. The highest BCUT2D eigenvalue weighted by Gasteiger charge is 2.50. The largest absolute Gasteiger partial charge is 0.396 e. The van der Waals surface area contributed by atoms with Gasteiger partial charge in [0.1, 0.15) is 0 Å². The Hall–Kier alpha value is -2.44. The third kappa shape index (κ3) is 2.77. The van der Waals surface area contributed by atoms with Crippen LogP contribution >= 0.6 is 0 Å². The van der Waals surface area contributed by atoms with Crippen LogP contribution in [-0.2, 0) is 17.9 Å². The molecule has 1 aromatic carbocycles. The molecule has 4 atom stereocenters. The van der Waals surface area contributed by atoms with Gasteiger partial charge in [-0.1, -0.05) is 36.4 Å². The standard InChI is InChI=1S/C19H21N3O3/c23-11-14-13-10-22-15(7-4-8-16(22)24)17(13)21-18(14)19(25)20-9-12-5-2-1-3-6-12/h1-8,13-14,17-18,21,23H,9-11H2,(H,20,25)/t13-,14-,17+,18-/m0/s1. The molecule has 0 bridgehead atoms. The van der Waals surface area contributed by atoms with E-state index in [-0.39, 0.29) is 36.0 Å². The monoisotopic (exact) mass is 339 g/mol. The summed E-state index contributed by atoms with van der Waals surface area (Å²) >= 11 is 0. The molecule has 130 valence electrons. The predicted octanol–water partition coefficient (Wildman–Crippen LogP) is 0.416. The van der Waals surface area contributed by atoms with Gasteiger partial charge in [-0.05, 0) is 11.6 Å².